The van der Waals surface area contributed by atoms with Gasteiger partial charge in [0.1, 0.15) is 5.75 Å². The van der Waals surface area contributed by atoms with E-state index in [1.54, 1.807) is 24.3 Å². The number of carboxylic acid groups (broad SMARTS) is 1. The molecular weight excluding hydrogens is 452 g/mol. The van der Waals surface area contributed by atoms with Crippen LogP contribution in [0.15, 0.2) is 48.5 Å². The number of nitrogens with one attached hydrogen (secondary N) is 2. The van der Waals surface area contributed by atoms with Gasteiger partial charge in [-0.05, 0) is 74.4 Å². The highest BCUT2D eigenvalue weighted by atomic mass is 32.1. The van der Waals surface area contributed by atoms with Gasteiger partial charge in [-0.2, -0.15) is 0 Å². The molecule has 0 radical (unpaired) electrons. The number of hydrogen-bond donors (Lipinski definition) is 3. The number of hydrogen-bond acceptors (Lipinski definition) is 5. The molecule has 0 spiro atoms. The summed E-state index contributed by atoms with van der Waals surface area (Å²) >= 11 is 1.45. The van der Waals surface area contributed by atoms with Crippen LogP contribution in [-0.4, -0.2) is 42.1 Å². The molecule has 178 valence electrons. The SMILES string of the molecule is Cc1ccc2sc(C(=O)NCCNC(=O)c3ccc(O[C@H]4CC[C@@H](C(=O)O)CC4)cc3)cc2c1. The van der Waals surface area contributed by atoms with Gasteiger partial charge in [0.2, 0.25) is 0 Å². The van der Waals surface area contributed by atoms with E-state index in [1.807, 2.05) is 25.1 Å². The van der Waals surface area contributed by atoms with Gasteiger partial charge in [-0.25, -0.2) is 0 Å². The minimum atomic E-state index is -0.733. The van der Waals surface area contributed by atoms with E-state index >= 15 is 0 Å². The fraction of sp³-hybridized carbons (Fsp3) is 0.346. The lowest BCUT2D eigenvalue weighted by Gasteiger charge is -2.26. The second-order valence-corrected chi connectivity index (χ2v) is 9.70. The van der Waals surface area contributed by atoms with Gasteiger partial charge in [-0.15, -0.1) is 11.3 Å². The van der Waals surface area contributed by atoms with Gasteiger partial charge in [0.05, 0.1) is 16.9 Å². The number of amides is 2. The van der Waals surface area contributed by atoms with Crippen molar-refractivity contribution in [3.8, 4) is 5.75 Å². The van der Waals surface area contributed by atoms with Crippen LogP contribution in [0, 0.1) is 12.8 Å². The Morgan fingerprint density at radius 3 is 2.29 bits per heavy atom. The van der Waals surface area contributed by atoms with E-state index in [2.05, 4.69) is 16.7 Å². The second kappa shape index (κ2) is 10.7. The average molecular weight is 481 g/mol. The molecule has 1 aliphatic carbocycles. The van der Waals surface area contributed by atoms with E-state index in [0.29, 0.717) is 55.0 Å². The Morgan fingerprint density at radius 2 is 1.62 bits per heavy atom. The first-order chi connectivity index (χ1) is 16.4. The molecule has 1 aromatic heterocycles. The Bertz CT molecular complexity index is 1180. The summed E-state index contributed by atoms with van der Waals surface area (Å²) in [5.74, 6) is -0.707. The zero-order valence-corrected chi connectivity index (χ0v) is 19.8. The lowest BCUT2D eigenvalue weighted by atomic mass is 9.87. The van der Waals surface area contributed by atoms with Gasteiger partial charge in [0, 0.05) is 23.4 Å². The number of carbonyl (C=O) groups is 3. The molecule has 0 unspecified atom stereocenters. The number of rotatable bonds is 8. The zero-order chi connectivity index (χ0) is 24.1. The monoisotopic (exact) mass is 480 g/mol. The lowest BCUT2D eigenvalue weighted by Crippen LogP contribution is -2.34. The van der Waals surface area contributed by atoms with Gasteiger partial charge < -0.3 is 20.5 Å². The molecule has 0 saturated heterocycles. The van der Waals surface area contributed by atoms with E-state index in [1.165, 1.54) is 11.3 Å². The third-order valence-corrected chi connectivity index (χ3v) is 7.15. The summed E-state index contributed by atoms with van der Waals surface area (Å²) in [7, 11) is 0. The summed E-state index contributed by atoms with van der Waals surface area (Å²) in [5.41, 5.74) is 1.66. The first kappa shape index (κ1) is 23.8. The maximum Gasteiger partial charge on any atom is 0.306 e. The summed E-state index contributed by atoms with van der Waals surface area (Å²) in [6.07, 6.45) is 2.68. The van der Waals surface area contributed by atoms with Gasteiger partial charge in [-0.1, -0.05) is 17.7 Å². The number of ether oxygens (including phenoxy) is 1. The minimum Gasteiger partial charge on any atom is -0.490 e. The molecule has 4 rings (SSSR count). The van der Waals surface area contributed by atoms with Crippen LogP contribution in [0.5, 0.6) is 5.75 Å². The van der Waals surface area contributed by atoms with Crippen LogP contribution in [0.25, 0.3) is 10.1 Å². The molecule has 0 atom stereocenters. The largest absolute Gasteiger partial charge is 0.490 e. The highest BCUT2D eigenvalue weighted by molar-refractivity contribution is 7.20. The van der Waals surface area contributed by atoms with E-state index in [-0.39, 0.29) is 23.8 Å². The predicted octanol–water partition coefficient (Wildman–Crippen LogP) is 4.39. The molecule has 0 bridgehead atoms. The molecule has 1 fully saturated rings. The standard InChI is InChI=1S/C26H28N2O5S/c1-16-2-11-22-19(14-16)15-23(34-22)25(30)28-13-12-27-24(29)17-3-7-20(8-4-17)33-21-9-5-18(6-10-21)26(31)32/h2-4,7-8,11,14-15,18,21H,5-6,9-10,12-13H2,1H3,(H,27,29)(H,28,30)(H,31,32)/t18-,21+. The summed E-state index contributed by atoms with van der Waals surface area (Å²) in [4.78, 5) is 36.5. The summed E-state index contributed by atoms with van der Waals surface area (Å²) in [6.45, 7) is 2.67. The van der Waals surface area contributed by atoms with Crippen LogP contribution >= 0.6 is 11.3 Å². The number of aliphatic carboxylic acids is 1. The molecule has 1 saturated carbocycles. The Labute approximate surface area is 202 Å². The maximum atomic E-state index is 12.4. The average Bonchev–Trinajstić information content (AvgIpc) is 3.26. The van der Waals surface area contributed by atoms with E-state index in [4.69, 9.17) is 9.84 Å². The second-order valence-electron chi connectivity index (χ2n) is 8.62. The van der Waals surface area contributed by atoms with Gasteiger partial charge in [0.15, 0.2) is 0 Å². The van der Waals surface area contributed by atoms with Crippen LogP contribution in [0.3, 0.4) is 0 Å². The highest BCUT2D eigenvalue weighted by Gasteiger charge is 2.26. The van der Waals surface area contributed by atoms with Crippen LogP contribution in [0.4, 0.5) is 0 Å². The van der Waals surface area contributed by atoms with Crippen molar-refractivity contribution in [1.29, 1.82) is 0 Å². The van der Waals surface area contributed by atoms with Crippen molar-refractivity contribution in [3.63, 3.8) is 0 Å². The molecular formula is C26H28N2O5S. The van der Waals surface area contributed by atoms with Crippen molar-refractivity contribution in [1.82, 2.24) is 10.6 Å². The zero-order valence-electron chi connectivity index (χ0n) is 19.0. The lowest BCUT2D eigenvalue weighted by molar-refractivity contribution is -0.143. The number of aryl methyl sites for hydroxylation is 1. The first-order valence-corrected chi connectivity index (χ1v) is 12.3. The topological polar surface area (TPSA) is 105 Å². The molecule has 7 nitrogen and oxygen atoms in total. The van der Waals surface area contributed by atoms with E-state index < -0.39 is 5.97 Å². The molecule has 2 aromatic carbocycles. The van der Waals surface area contributed by atoms with Crippen molar-refractivity contribution in [3.05, 3.63) is 64.5 Å². The van der Waals surface area contributed by atoms with E-state index in [0.717, 1.165) is 15.6 Å². The van der Waals surface area contributed by atoms with Crippen LogP contribution in [-0.2, 0) is 4.79 Å². The van der Waals surface area contributed by atoms with Crippen molar-refractivity contribution in [2.75, 3.05) is 13.1 Å². The van der Waals surface area contributed by atoms with E-state index in [9.17, 15) is 14.4 Å². The highest BCUT2D eigenvalue weighted by Crippen LogP contribution is 2.28. The maximum absolute atomic E-state index is 12.4. The van der Waals surface area contributed by atoms with Crippen LogP contribution < -0.4 is 15.4 Å². The summed E-state index contributed by atoms with van der Waals surface area (Å²) < 4.78 is 7.02. The molecule has 8 heteroatoms. The quantitative estimate of drug-likeness (QED) is 0.415. The van der Waals surface area contributed by atoms with Crippen molar-refractivity contribution in [2.24, 2.45) is 5.92 Å². The molecule has 1 aliphatic rings. The number of benzene rings is 2. The predicted molar refractivity (Wildman–Crippen MR) is 132 cm³/mol. The third kappa shape index (κ3) is 5.94. The molecule has 1 heterocycles. The fourth-order valence-corrected chi connectivity index (χ4v) is 5.08. The normalized spacial score (nSPS) is 17.8. The molecule has 2 amide bonds. The third-order valence-electron chi connectivity index (χ3n) is 6.03. The number of fused-ring (bicyclic) bond motifs is 1. The van der Waals surface area contributed by atoms with Gasteiger partial charge in [0.25, 0.3) is 11.8 Å². The smallest absolute Gasteiger partial charge is 0.306 e. The Kier molecular flexibility index (Phi) is 7.47. The number of carboxylic acids is 1. The molecule has 0 aliphatic heterocycles. The van der Waals surface area contributed by atoms with Gasteiger partial charge in [-0.3, -0.25) is 14.4 Å². The number of carbonyl (C=O) groups excluding carboxylic acids is 2. The minimum absolute atomic E-state index is 0.00356. The summed E-state index contributed by atoms with van der Waals surface area (Å²) in [5, 5.41) is 15.8. The molecule has 34 heavy (non-hydrogen) atoms. The van der Waals surface area contributed by atoms with Crippen LogP contribution in [0.1, 0.15) is 51.3 Å². The van der Waals surface area contributed by atoms with Crippen molar-refractivity contribution >= 4 is 39.2 Å². The summed E-state index contributed by atoms with van der Waals surface area (Å²) in [6, 6.07) is 14.9. The number of thiophene rings is 1. The Balaban J connectivity index is 1.19. The molecule has 3 aromatic rings. The Morgan fingerprint density at radius 1 is 0.941 bits per heavy atom. The van der Waals surface area contributed by atoms with Gasteiger partial charge >= 0.3 is 5.97 Å². The first-order valence-electron chi connectivity index (χ1n) is 11.4. The van der Waals surface area contributed by atoms with Crippen molar-refractivity contribution < 1.29 is 24.2 Å². The van der Waals surface area contributed by atoms with Crippen molar-refractivity contribution in [2.45, 2.75) is 38.7 Å². The van der Waals surface area contributed by atoms with Crippen LogP contribution in [0.2, 0.25) is 0 Å². The fourth-order valence-electron chi connectivity index (χ4n) is 4.12. The Hall–Kier alpha value is -3.39. The molecule has 3 N–H and O–H groups in total.